The molecule has 1 aromatic carbocycles. The Morgan fingerprint density at radius 3 is 2.48 bits per heavy atom. The molecule has 0 spiro atoms. The number of benzene rings is 1. The van der Waals surface area contributed by atoms with Crippen LogP contribution in [0.25, 0.3) is 11.4 Å². The molecule has 0 bridgehead atoms. The first-order chi connectivity index (χ1) is 12.1. The van der Waals surface area contributed by atoms with E-state index in [0.717, 1.165) is 31.9 Å². The monoisotopic (exact) mass is 340 g/mol. The van der Waals surface area contributed by atoms with Crippen LogP contribution in [0.5, 0.6) is 0 Å². The topological polar surface area (TPSA) is 58.6 Å². The Bertz CT molecular complexity index is 684. The summed E-state index contributed by atoms with van der Waals surface area (Å²) < 4.78 is 5.38. The van der Waals surface area contributed by atoms with E-state index in [1.807, 2.05) is 37.4 Å². The van der Waals surface area contributed by atoms with E-state index in [4.69, 9.17) is 4.74 Å². The SMILES string of the molecule is C[C@@H](CN(C)C(=O)c1cnc(-c2ccccc2)nc1)N1CCOCC1. The standard InChI is InChI=1S/C19H24N4O2/c1-15(23-8-10-25-11-9-23)14-22(2)19(24)17-12-20-18(21-13-17)16-6-4-3-5-7-16/h3-7,12-13,15H,8-11,14H2,1-2H3/t15-/m0/s1. The zero-order valence-corrected chi connectivity index (χ0v) is 14.8. The van der Waals surface area contributed by atoms with Crippen LogP contribution in [0.4, 0.5) is 0 Å². The normalized spacial score (nSPS) is 16.4. The molecule has 0 unspecified atom stereocenters. The molecule has 1 fully saturated rings. The minimum atomic E-state index is -0.0558. The molecule has 3 rings (SSSR count). The Kier molecular flexibility index (Phi) is 5.73. The third-order valence-electron chi connectivity index (χ3n) is 4.48. The third-order valence-corrected chi connectivity index (χ3v) is 4.48. The first kappa shape index (κ1) is 17.5. The molecule has 1 aromatic heterocycles. The van der Waals surface area contributed by atoms with Gasteiger partial charge in [-0.05, 0) is 6.92 Å². The number of morpholine rings is 1. The Labute approximate surface area is 148 Å². The fourth-order valence-electron chi connectivity index (χ4n) is 3.01. The zero-order valence-electron chi connectivity index (χ0n) is 14.8. The van der Waals surface area contributed by atoms with Crippen molar-refractivity contribution in [3.05, 3.63) is 48.3 Å². The van der Waals surface area contributed by atoms with Crippen LogP contribution >= 0.6 is 0 Å². The summed E-state index contributed by atoms with van der Waals surface area (Å²) in [7, 11) is 1.82. The molecule has 6 heteroatoms. The molecule has 0 N–H and O–H groups in total. The Morgan fingerprint density at radius 1 is 1.20 bits per heavy atom. The van der Waals surface area contributed by atoms with Crippen LogP contribution in [-0.2, 0) is 4.74 Å². The Balaban J connectivity index is 1.61. The number of aromatic nitrogens is 2. The number of nitrogens with zero attached hydrogens (tertiary/aromatic N) is 4. The highest BCUT2D eigenvalue weighted by Gasteiger charge is 2.21. The lowest BCUT2D eigenvalue weighted by molar-refractivity contribution is 0.0142. The van der Waals surface area contributed by atoms with Crippen molar-refractivity contribution >= 4 is 5.91 Å². The Morgan fingerprint density at radius 2 is 1.84 bits per heavy atom. The fraction of sp³-hybridized carbons (Fsp3) is 0.421. The van der Waals surface area contributed by atoms with Gasteiger partial charge in [0, 0.05) is 50.7 Å². The van der Waals surface area contributed by atoms with E-state index in [-0.39, 0.29) is 5.91 Å². The first-order valence-corrected chi connectivity index (χ1v) is 8.60. The van der Waals surface area contributed by atoms with Crippen molar-refractivity contribution < 1.29 is 9.53 Å². The number of hydrogen-bond acceptors (Lipinski definition) is 5. The van der Waals surface area contributed by atoms with E-state index in [1.54, 1.807) is 17.3 Å². The molecule has 1 aliphatic heterocycles. The van der Waals surface area contributed by atoms with Gasteiger partial charge in [-0.15, -0.1) is 0 Å². The van der Waals surface area contributed by atoms with Gasteiger partial charge in [0.05, 0.1) is 18.8 Å². The maximum atomic E-state index is 12.6. The second-order valence-electron chi connectivity index (χ2n) is 6.34. The minimum absolute atomic E-state index is 0.0558. The van der Waals surface area contributed by atoms with E-state index >= 15 is 0 Å². The molecule has 1 aliphatic rings. The van der Waals surface area contributed by atoms with Crippen LogP contribution in [0.15, 0.2) is 42.7 Å². The fourth-order valence-corrected chi connectivity index (χ4v) is 3.01. The number of amides is 1. The predicted molar refractivity (Wildman–Crippen MR) is 96.3 cm³/mol. The molecule has 6 nitrogen and oxygen atoms in total. The highest BCUT2D eigenvalue weighted by Crippen LogP contribution is 2.14. The van der Waals surface area contributed by atoms with Gasteiger partial charge in [0.15, 0.2) is 5.82 Å². The van der Waals surface area contributed by atoms with Crippen LogP contribution in [-0.4, -0.2) is 71.6 Å². The highest BCUT2D eigenvalue weighted by atomic mass is 16.5. The van der Waals surface area contributed by atoms with Gasteiger partial charge < -0.3 is 9.64 Å². The summed E-state index contributed by atoms with van der Waals surface area (Å²) in [5, 5.41) is 0. The summed E-state index contributed by atoms with van der Waals surface area (Å²) in [5.41, 5.74) is 1.45. The highest BCUT2D eigenvalue weighted by molar-refractivity contribution is 5.93. The lowest BCUT2D eigenvalue weighted by Gasteiger charge is -2.34. The molecule has 1 amide bonds. The Hall–Kier alpha value is -2.31. The van der Waals surface area contributed by atoms with Crippen molar-refractivity contribution in [2.45, 2.75) is 13.0 Å². The molecule has 25 heavy (non-hydrogen) atoms. The van der Waals surface area contributed by atoms with Crippen LogP contribution in [0.1, 0.15) is 17.3 Å². The molecule has 2 aromatic rings. The van der Waals surface area contributed by atoms with Gasteiger partial charge in [0.25, 0.3) is 5.91 Å². The van der Waals surface area contributed by atoms with E-state index in [1.165, 1.54) is 0 Å². The van der Waals surface area contributed by atoms with Crippen molar-refractivity contribution in [3.63, 3.8) is 0 Å². The zero-order chi connectivity index (χ0) is 17.6. The lowest BCUT2D eigenvalue weighted by atomic mass is 10.2. The van der Waals surface area contributed by atoms with Gasteiger partial charge >= 0.3 is 0 Å². The molecule has 1 atom stereocenters. The summed E-state index contributed by atoms with van der Waals surface area (Å²) in [4.78, 5) is 25.4. The van der Waals surface area contributed by atoms with Crippen molar-refractivity contribution in [2.24, 2.45) is 0 Å². The molecule has 0 radical (unpaired) electrons. The summed E-state index contributed by atoms with van der Waals surface area (Å²) >= 11 is 0. The molecular weight excluding hydrogens is 316 g/mol. The number of likely N-dealkylation sites (N-methyl/N-ethyl adjacent to an activating group) is 1. The van der Waals surface area contributed by atoms with Crippen LogP contribution in [0, 0.1) is 0 Å². The summed E-state index contributed by atoms with van der Waals surface area (Å²) in [5.74, 6) is 0.571. The van der Waals surface area contributed by atoms with Crippen LogP contribution in [0.3, 0.4) is 0 Å². The summed E-state index contributed by atoms with van der Waals surface area (Å²) in [6, 6.07) is 10.0. The maximum Gasteiger partial charge on any atom is 0.256 e. The summed E-state index contributed by atoms with van der Waals surface area (Å²) in [6.45, 7) is 6.16. The van der Waals surface area contributed by atoms with Crippen molar-refractivity contribution in [1.82, 2.24) is 19.8 Å². The third kappa shape index (κ3) is 4.41. The predicted octanol–water partition coefficient (Wildman–Crippen LogP) is 1.94. The van der Waals surface area contributed by atoms with Gasteiger partial charge in [0.2, 0.25) is 0 Å². The molecule has 0 saturated carbocycles. The van der Waals surface area contributed by atoms with Gasteiger partial charge in [-0.2, -0.15) is 0 Å². The number of ether oxygens (including phenoxy) is 1. The number of carbonyl (C=O) groups excluding carboxylic acids is 1. The van der Waals surface area contributed by atoms with Gasteiger partial charge in [-0.3, -0.25) is 9.69 Å². The average molecular weight is 340 g/mol. The van der Waals surface area contributed by atoms with E-state index < -0.39 is 0 Å². The number of carbonyl (C=O) groups is 1. The largest absolute Gasteiger partial charge is 0.379 e. The van der Waals surface area contributed by atoms with Gasteiger partial charge in [0.1, 0.15) is 0 Å². The van der Waals surface area contributed by atoms with Crippen LogP contribution < -0.4 is 0 Å². The number of hydrogen-bond donors (Lipinski definition) is 0. The summed E-state index contributed by atoms with van der Waals surface area (Å²) in [6.07, 6.45) is 3.21. The molecule has 2 heterocycles. The minimum Gasteiger partial charge on any atom is -0.379 e. The van der Waals surface area contributed by atoms with Gasteiger partial charge in [-0.25, -0.2) is 9.97 Å². The number of rotatable bonds is 5. The quantitative estimate of drug-likeness (QED) is 0.832. The molecular formula is C19H24N4O2. The molecule has 1 saturated heterocycles. The van der Waals surface area contributed by atoms with Crippen molar-refractivity contribution in [3.8, 4) is 11.4 Å². The smallest absolute Gasteiger partial charge is 0.256 e. The van der Waals surface area contributed by atoms with E-state index in [9.17, 15) is 4.79 Å². The van der Waals surface area contributed by atoms with Crippen molar-refractivity contribution in [1.29, 1.82) is 0 Å². The molecule has 0 aliphatic carbocycles. The first-order valence-electron chi connectivity index (χ1n) is 8.60. The second kappa shape index (κ2) is 8.18. The van der Waals surface area contributed by atoms with Crippen molar-refractivity contribution in [2.75, 3.05) is 39.9 Å². The van der Waals surface area contributed by atoms with E-state index in [0.29, 0.717) is 24.0 Å². The second-order valence-corrected chi connectivity index (χ2v) is 6.34. The van der Waals surface area contributed by atoms with E-state index in [2.05, 4.69) is 21.8 Å². The maximum absolute atomic E-state index is 12.6. The average Bonchev–Trinajstić information content (AvgIpc) is 2.69. The van der Waals surface area contributed by atoms with Crippen LogP contribution in [0.2, 0.25) is 0 Å². The van der Waals surface area contributed by atoms with Gasteiger partial charge in [-0.1, -0.05) is 30.3 Å². The molecule has 132 valence electrons. The lowest BCUT2D eigenvalue weighted by Crippen LogP contribution is -2.47.